The monoisotopic (exact) mass is 382 g/mol. The average molecular weight is 382 g/mol. The van der Waals surface area contributed by atoms with Gasteiger partial charge in [0.1, 0.15) is 11.6 Å². The van der Waals surface area contributed by atoms with E-state index in [1.54, 1.807) is 31.5 Å². The minimum atomic E-state index is -1.31. The summed E-state index contributed by atoms with van der Waals surface area (Å²) < 4.78 is 11.1. The van der Waals surface area contributed by atoms with Crippen molar-refractivity contribution in [3.05, 3.63) is 48.3 Å². The Kier molecular flexibility index (Phi) is 5.32. The van der Waals surface area contributed by atoms with E-state index in [0.717, 1.165) is 10.9 Å². The number of methoxy groups -OCH3 is 1. The van der Waals surface area contributed by atoms with Crippen LogP contribution < -0.4 is 20.3 Å². The smallest absolute Gasteiger partial charge is 0.286 e. The van der Waals surface area contributed by atoms with Crippen LogP contribution >= 0.6 is 0 Å². The Hall–Kier alpha value is -3.39. The zero-order valence-electron chi connectivity index (χ0n) is 16.1. The lowest BCUT2D eigenvalue weighted by molar-refractivity contribution is -0.143. The van der Waals surface area contributed by atoms with E-state index in [9.17, 15) is 4.79 Å². The molecule has 1 heterocycles. The van der Waals surface area contributed by atoms with Crippen LogP contribution in [0.15, 0.2) is 42.5 Å². The van der Waals surface area contributed by atoms with Gasteiger partial charge in [0.05, 0.1) is 12.6 Å². The number of amides is 1. The van der Waals surface area contributed by atoms with Gasteiger partial charge in [-0.05, 0) is 45.0 Å². The van der Waals surface area contributed by atoms with Crippen LogP contribution in [-0.4, -0.2) is 33.8 Å². The SMILES string of the molecule is COc1ccc(Nc2nc(C)nc3ccccc23)cc1OC(C)(C)C(=O)NO. The van der Waals surface area contributed by atoms with Crippen molar-refractivity contribution in [2.24, 2.45) is 0 Å². The van der Waals surface area contributed by atoms with Crippen LogP contribution in [0, 0.1) is 6.92 Å². The number of carbonyl (C=O) groups excluding carboxylic acids is 1. The number of hydroxylamine groups is 1. The zero-order chi connectivity index (χ0) is 20.3. The summed E-state index contributed by atoms with van der Waals surface area (Å²) in [4.78, 5) is 20.8. The molecule has 8 nitrogen and oxygen atoms in total. The van der Waals surface area contributed by atoms with Crippen molar-refractivity contribution in [3.8, 4) is 11.5 Å². The zero-order valence-corrected chi connectivity index (χ0v) is 16.1. The van der Waals surface area contributed by atoms with Gasteiger partial charge in [-0.15, -0.1) is 0 Å². The fraction of sp³-hybridized carbons (Fsp3) is 0.250. The van der Waals surface area contributed by atoms with E-state index in [0.29, 0.717) is 28.8 Å². The topological polar surface area (TPSA) is 106 Å². The maximum atomic E-state index is 11.8. The Labute approximate surface area is 162 Å². The standard InChI is InChI=1S/C20H22N4O4/c1-12-21-15-8-6-5-7-14(15)18(22-12)23-13-9-10-16(27-4)17(11-13)28-20(2,3)19(25)24-26/h5-11,26H,1-4H3,(H,24,25)(H,21,22,23). The van der Waals surface area contributed by atoms with E-state index in [2.05, 4.69) is 15.3 Å². The van der Waals surface area contributed by atoms with Gasteiger partial charge >= 0.3 is 0 Å². The van der Waals surface area contributed by atoms with Crippen LogP contribution in [-0.2, 0) is 4.79 Å². The summed E-state index contributed by atoms with van der Waals surface area (Å²) in [5.41, 5.74) is 1.83. The van der Waals surface area contributed by atoms with Gasteiger partial charge in [-0.3, -0.25) is 10.0 Å². The Morgan fingerprint density at radius 1 is 1.11 bits per heavy atom. The van der Waals surface area contributed by atoms with Crippen molar-refractivity contribution in [2.75, 3.05) is 12.4 Å². The van der Waals surface area contributed by atoms with Gasteiger partial charge in [0, 0.05) is 17.1 Å². The summed E-state index contributed by atoms with van der Waals surface area (Å²) >= 11 is 0. The molecule has 0 bridgehead atoms. The fourth-order valence-electron chi connectivity index (χ4n) is 2.71. The molecule has 146 valence electrons. The number of hydrogen-bond donors (Lipinski definition) is 3. The molecule has 1 amide bonds. The quantitative estimate of drug-likeness (QED) is 0.443. The number of aromatic nitrogens is 2. The molecule has 2 aromatic carbocycles. The highest BCUT2D eigenvalue weighted by Crippen LogP contribution is 2.34. The Morgan fingerprint density at radius 2 is 1.86 bits per heavy atom. The molecular formula is C20H22N4O4. The van der Waals surface area contributed by atoms with E-state index in [1.807, 2.05) is 37.3 Å². The van der Waals surface area contributed by atoms with Crippen molar-refractivity contribution in [3.63, 3.8) is 0 Å². The predicted molar refractivity (Wildman–Crippen MR) is 105 cm³/mol. The highest BCUT2D eigenvalue weighted by molar-refractivity contribution is 5.91. The third kappa shape index (κ3) is 3.96. The largest absolute Gasteiger partial charge is 0.493 e. The van der Waals surface area contributed by atoms with Crippen LogP contribution in [0.2, 0.25) is 0 Å². The lowest BCUT2D eigenvalue weighted by atomic mass is 10.1. The number of anilines is 2. The summed E-state index contributed by atoms with van der Waals surface area (Å²) in [6.45, 7) is 4.91. The van der Waals surface area contributed by atoms with Crippen LogP contribution in [0.3, 0.4) is 0 Å². The molecule has 28 heavy (non-hydrogen) atoms. The molecular weight excluding hydrogens is 360 g/mol. The summed E-state index contributed by atoms with van der Waals surface area (Å²) in [7, 11) is 1.51. The normalized spacial score (nSPS) is 11.2. The van der Waals surface area contributed by atoms with E-state index in [-0.39, 0.29) is 0 Å². The molecule has 0 spiro atoms. The van der Waals surface area contributed by atoms with Crippen LogP contribution in [0.1, 0.15) is 19.7 Å². The highest BCUT2D eigenvalue weighted by atomic mass is 16.5. The van der Waals surface area contributed by atoms with Crippen molar-refractivity contribution in [2.45, 2.75) is 26.4 Å². The second kappa shape index (κ2) is 7.69. The minimum Gasteiger partial charge on any atom is -0.493 e. The first kappa shape index (κ1) is 19.4. The first-order chi connectivity index (χ1) is 13.3. The minimum absolute atomic E-state index is 0.344. The van der Waals surface area contributed by atoms with Crippen molar-refractivity contribution >= 4 is 28.3 Å². The predicted octanol–water partition coefficient (Wildman–Crippen LogP) is 3.35. The Bertz CT molecular complexity index is 1020. The Balaban J connectivity index is 1.97. The summed E-state index contributed by atoms with van der Waals surface area (Å²) in [5, 5.41) is 13.1. The number of ether oxygens (including phenoxy) is 2. The first-order valence-corrected chi connectivity index (χ1v) is 8.66. The van der Waals surface area contributed by atoms with Crippen LogP contribution in [0.4, 0.5) is 11.5 Å². The number of aryl methyl sites for hydroxylation is 1. The van der Waals surface area contributed by atoms with Gasteiger partial charge in [-0.1, -0.05) is 12.1 Å². The average Bonchev–Trinajstić information content (AvgIpc) is 2.67. The highest BCUT2D eigenvalue weighted by Gasteiger charge is 2.31. The lowest BCUT2D eigenvalue weighted by Gasteiger charge is -2.25. The third-order valence-electron chi connectivity index (χ3n) is 4.15. The van der Waals surface area contributed by atoms with Crippen LogP contribution in [0.25, 0.3) is 10.9 Å². The van der Waals surface area contributed by atoms with E-state index in [1.165, 1.54) is 7.11 Å². The van der Waals surface area contributed by atoms with Gasteiger partial charge in [-0.2, -0.15) is 0 Å². The summed E-state index contributed by atoms with van der Waals surface area (Å²) in [5.74, 6) is 1.42. The van der Waals surface area contributed by atoms with E-state index >= 15 is 0 Å². The molecule has 8 heteroatoms. The molecule has 0 saturated heterocycles. The number of benzene rings is 2. The molecule has 0 atom stereocenters. The number of nitrogens with one attached hydrogen (secondary N) is 2. The molecule has 0 radical (unpaired) electrons. The second-order valence-corrected chi connectivity index (χ2v) is 6.68. The lowest BCUT2D eigenvalue weighted by Crippen LogP contribution is -2.45. The molecule has 0 saturated carbocycles. The molecule has 0 aliphatic heterocycles. The maximum absolute atomic E-state index is 11.8. The van der Waals surface area contributed by atoms with Gasteiger partial charge in [0.25, 0.3) is 5.91 Å². The molecule has 0 aliphatic rings. The first-order valence-electron chi connectivity index (χ1n) is 8.66. The van der Waals surface area contributed by atoms with Gasteiger partial charge in [0.2, 0.25) is 0 Å². The molecule has 0 unspecified atom stereocenters. The van der Waals surface area contributed by atoms with Crippen molar-refractivity contribution < 1.29 is 19.5 Å². The van der Waals surface area contributed by atoms with Gasteiger partial charge in [-0.25, -0.2) is 15.4 Å². The van der Waals surface area contributed by atoms with E-state index in [4.69, 9.17) is 14.7 Å². The van der Waals surface area contributed by atoms with E-state index < -0.39 is 11.5 Å². The third-order valence-corrected chi connectivity index (χ3v) is 4.15. The Morgan fingerprint density at radius 3 is 2.57 bits per heavy atom. The fourth-order valence-corrected chi connectivity index (χ4v) is 2.71. The molecule has 0 aliphatic carbocycles. The summed E-state index contributed by atoms with van der Waals surface area (Å²) in [6.07, 6.45) is 0. The molecule has 1 aromatic heterocycles. The number of nitrogens with zero attached hydrogens (tertiary/aromatic N) is 2. The summed E-state index contributed by atoms with van der Waals surface area (Å²) in [6, 6.07) is 13.0. The molecule has 0 fully saturated rings. The number of rotatable bonds is 6. The molecule has 3 aromatic rings. The molecule has 3 N–H and O–H groups in total. The number of para-hydroxylation sites is 1. The van der Waals surface area contributed by atoms with Crippen molar-refractivity contribution in [1.29, 1.82) is 0 Å². The van der Waals surface area contributed by atoms with Crippen LogP contribution in [0.5, 0.6) is 11.5 Å². The number of fused-ring (bicyclic) bond motifs is 1. The van der Waals surface area contributed by atoms with Crippen molar-refractivity contribution in [1.82, 2.24) is 15.4 Å². The number of carbonyl (C=O) groups is 1. The van der Waals surface area contributed by atoms with Gasteiger partial charge in [0.15, 0.2) is 17.1 Å². The molecule has 3 rings (SSSR count). The number of hydrogen-bond acceptors (Lipinski definition) is 7. The van der Waals surface area contributed by atoms with Gasteiger partial charge < -0.3 is 14.8 Å². The maximum Gasteiger partial charge on any atom is 0.286 e. The second-order valence-electron chi connectivity index (χ2n) is 6.68.